The van der Waals surface area contributed by atoms with E-state index in [9.17, 15) is 0 Å². The standard InChI is InChI=1S/C38H36BN/c1-27-10-3-5-17-35(27)33-23-31(24-34(25-33)38(39)26-40)14-8-12-29-11-7-13-30(22-29)21-20-28(2)36-19-9-16-32-15-4-6-18-37(32)36/h3-7,9-11,13,15-19,22-23,25-26,40H,2,8,12,14,20-21,24H2,1H3/b38-34-,40-26?. The van der Waals surface area contributed by atoms with Gasteiger partial charge in [-0.25, -0.2) is 0 Å². The van der Waals surface area contributed by atoms with Crippen molar-refractivity contribution in [2.45, 2.75) is 45.4 Å². The molecule has 0 spiro atoms. The highest BCUT2D eigenvalue weighted by molar-refractivity contribution is 6.33. The van der Waals surface area contributed by atoms with E-state index in [0.717, 1.165) is 44.1 Å². The second-order valence-electron chi connectivity index (χ2n) is 10.8. The largest absolute Gasteiger partial charge is 0.309 e. The van der Waals surface area contributed by atoms with Crippen molar-refractivity contribution in [1.29, 1.82) is 5.41 Å². The lowest BCUT2D eigenvalue weighted by Gasteiger charge is -2.19. The normalized spacial score (nSPS) is 14.4. The minimum atomic E-state index is 0.550. The highest BCUT2D eigenvalue weighted by atomic mass is 14.3. The van der Waals surface area contributed by atoms with Gasteiger partial charge in [-0.3, -0.25) is 0 Å². The van der Waals surface area contributed by atoms with Gasteiger partial charge in [0.25, 0.3) is 0 Å². The molecular formula is C38H36BN. The lowest BCUT2D eigenvalue weighted by molar-refractivity contribution is 0.791. The predicted molar refractivity (Wildman–Crippen MR) is 174 cm³/mol. The first-order valence-corrected chi connectivity index (χ1v) is 14.2. The number of allylic oxidation sites excluding steroid dienone is 7. The van der Waals surface area contributed by atoms with Crippen molar-refractivity contribution in [2.24, 2.45) is 0 Å². The molecule has 40 heavy (non-hydrogen) atoms. The van der Waals surface area contributed by atoms with Gasteiger partial charge in [0, 0.05) is 6.21 Å². The van der Waals surface area contributed by atoms with E-state index in [1.54, 1.807) is 0 Å². The van der Waals surface area contributed by atoms with Crippen LogP contribution in [0, 0.1) is 12.3 Å². The number of hydrogen-bond acceptors (Lipinski definition) is 1. The molecule has 196 valence electrons. The Bertz CT molecular complexity index is 1640. The van der Waals surface area contributed by atoms with Crippen LogP contribution in [0.15, 0.2) is 126 Å². The Morgan fingerprint density at radius 3 is 2.40 bits per heavy atom. The van der Waals surface area contributed by atoms with Gasteiger partial charge in [0.1, 0.15) is 7.85 Å². The van der Waals surface area contributed by atoms with Crippen molar-refractivity contribution in [3.63, 3.8) is 0 Å². The number of nitrogens with one attached hydrogen (secondary N) is 1. The van der Waals surface area contributed by atoms with Crippen LogP contribution < -0.4 is 0 Å². The summed E-state index contributed by atoms with van der Waals surface area (Å²) in [4.78, 5) is 0. The van der Waals surface area contributed by atoms with E-state index in [0.29, 0.717) is 5.47 Å². The summed E-state index contributed by atoms with van der Waals surface area (Å²) >= 11 is 0. The minimum absolute atomic E-state index is 0.550. The summed E-state index contributed by atoms with van der Waals surface area (Å²) in [6, 6.07) is 32.5. The molecule has 0 aliphatic heterocycles. The van der Waals surface area contributed by atoms with Gasteiger partial charge in [-0.1, -0.05) is 121 Å². The quantitative estimate of drug-likeness (QED) is 0.160. The predicted octanol–water partition coefficient (Wildman–Crippen LogP) is 9.60. The third-order valence-electron chi connectivity index (χ3n) is 7.93. The Labute approximate surface area is 240 Å². The molecule has 0 saturated carbocycles. The number of hydrogen-bond donors (Lipinski definition) is 1. The smallest absolute Gasteiger partial charge is 0.116 e. The van der Waals surface area contributed by atoms with Crippen LogP contribution in [0.3, 0.4) is 0 Å². The molecule has 1 nitrogen and oxygen atoms in total. The maximum Gasteiger partial charge on any atom is 0.116 e. The average Bonchev–Trinajstić information content (AvgIpc) is 2.99. The zero-order chi connectivity index (χ0) is 27.9. The highest BCUT2D eigenvalue weighted by Crippen LogP contribution is 2.33. The second kappa shape index (κ2) is 12.8. The third-order valence-corrected chi connectivity index (χ3v) is 7.93. The fourth-order valence-corrected chi connectivity index (χ4v) is 5.71. The zero-order valence-corrected chi connectivity index (χ0v) is 23.4. The Kier molecular flexibility index (Phi) is 8.76. The van der Waals surface area contributed by atoms with E-state index in [4.69, 9.17) is 13.3 Å². The molecule has 2 heteroatoms. The van der Waals surface area contributed by atoms with Gasteiger partial charge in [0.05, 0.1) is 0 Å². The second-order valence-corrected chi connectivity index (χ2v) is 10.8. The summed E-state index contributed by atoms with van der Waals surface area (Å²) in [6.07, 6.45) is 11.6. The van der Waals surface area contributed by atoms with E-state index in [1.807, 2.05) is 0 Å². The first-order chi connectivity index (χ1) is 19.5. The van der Waals surface area contributed by atoms with Crippen LogP contribution in [0.25, 0.3) is 21.9 Å². The molecule has 1 N–H and O–H groups in total. The van der Waals surface area contributed by atoms with Crippen molar-refractivity contribution >= 4 is 36.0 Å². The molecule has 2 radical (unpaired) electrons. The van der Waals surface area contributed by atoms with Crippen molar-refractivity contribution in [3.8, 4) is 0 Å². The van der Waals surface area contributed by atoms with Gasteiger partial charge in [-0.05, 0) is 101 Å². The molecule has 0 amide bonds. The number of fused-ring (bicyclic) bond motifs is 1. The van der Waals surface area contributed by atoms with Gasteiger partial charge < -0.3 is 5.41 Å². The molecule has 1 aliphatic carbocycles. The molecule has 0 unspecified atom stereocenters. The fourth-order valence-electron chi connectivity index (χ4n) is 5.71. The van der Waals surface area contributed by atoms with Crippen molar-refractivity contribution < 1.29 is 0 Å². The summed E-state index contributed by atoms with van der Waals surface area (Å²) in [5, 5.41) is 10.2. The number of rotatable bonds is 10. The van der Waals surface area contributed by atoms with Crippen molar-refractivity contribution in [1.82, 2.24) is 0 Å². The lowest BCUT2D eigenvalue weighted by Crippen LogP contribution is -2.02. The Morgan fingerprint density at radius 1 is 0.850 bits per heavy atom. The molecule has 4 aromatic carbocycles. The van der Waals surface area contributed by atoms with Gasteiger partial charge in [-0.2, -0.15) is 0 Å². The number of aryl methyl sites for hydroxylation is 3. The molecule has 0 heterocycles. The van der Waals surface area contributed by atoms with Crippen LogP contribution in [0.4, 0.5) is 0 Å². The summed E-state index contributed by atoms with van der Waals surface area (Å²) < 4.78 is 0. The molecule has 0 aromatic heterocycles. The summed E-state index contributed by atoms with van der Waals surface area (Å²) in [5.41, 5.74) is 11.8. The van der Waals surface area contributed by atoms with Gasteiger partial charge in [-0.15, -0.1) is 0 Å². The molecule has 4 aromatic rings. The van der Waals surface area contributed by atoms with Gasteiger partial charge >= 0.3 is 0 Å². The first-order valence-electron chi connectivity index (χ1n) is 14.2. The monoisotopic (exact) mass is 517 g/mol. The van der Waals surface area contributed by atoms with Crippen molar-refractivity contribution in [3.05, 3.63) is 154 Å². The fraction of sp³-hybridized carbons (Fsp3) is 0.184. The average molecular weight is 518 g/mol. The summed E-state index contributed by atoms with van der Waals surface area (Å²) in [5.74, 6) is 0. The van der Waals surface area contributed by atoms with Crippen LogP contribution in [0.2, 0.25) is 0 Å². The molecule has 5 rings (SSSR count). The molecule has 0 fully saturated rings. The van der Waals surface area contributed by atoms with Gasteiger partial charge in [0.15, 0.2) is 0 Å². The summed E-state index contributed by atoms with van der Waals surface area (Å²) in [6.45, 7) is 6.58. The maximum atomic E-state index is 7.68. The highest BCUT2D eigenvalue weighted by Gasteiger charge is 2.14. The van der Waals surface area contributed by atoms with E-state index in [1.165, 1.54) is 61.5 Å². The van der Waals surface area contributed by atoms with Crippen molar-refractivity contribution in [2.75, 3.05) is 0 Å². The minimum Gasteiger partial charge on any atom is -0.309 e. The first kappa shape index (κ1) is 27.4. The van der Waals surface area contributed by atoms with E-state index < -0.39 is 0 Å². The maximum absolute atomic E-state index is 7.68. The topological polar surface area (TPSA) is 23.9 Å². The van der Waals surface area contributed by atoms with Crippen LogP contribution in [-0.4, -0.2) is 14.1 Å². The van der Waals surface area contributed by atoms with Crippen LogP contribution in [0.5, 0.6) is 0 Å². The van der Waals surface area contributed by atoms with Crippen LogP contribution in [0.1, 0.15) is 53.5 Å². The molecule has 0 atom stereocenters. The van der Waals surface area contributed by atoms with E-state index in [-0.39, 0.29) is 0 Å². The van der Waals surface area contributed by atoms with E-state index >= 15 is 0 Å². The lowest BCUT2D eigenvalue weighted by atomic mass is 9.81. The molecule has 0 saturated heterocycles. The van der Waals surface area contributed by atoms with Crippen LogP contribution in [-0.2, 0) is 12.8 Å². The Hall–Kier alpha value is -4.17. The SMILES string of the molecule is [B]/C(C=N)=C1\C=C(c2ccccc2C)C=C(CCCc2cccc(CCC(=C)c3cccc4ccccc34)c2)C1. The third kappa shape index (κ3) is 6.51. The molecule has 1 aliphatic rings. The van der Waals surface area contributed by atoms with Crippen LogP contribution >= 0.6 is 0 Å². The molecular weight excluding hydrogens is 481 g/mol. The number of benzene rings is 4. The zero-order valence-electron chi connectivity index (χ0n) is 23.4. The Morgan fingerprint density at radius 2 is 1.57 bits per heavy atom. The van der Waals surface area contributed by atoms with E-state index in [2.05, 4.69) is 117 Å². The Balaban J connectivity index is 1.22. The van der Waals surface area contributed by atoms with Gasteiger partial charge in [0.2, 0.25) is 0 Å². The molecule has 0 bridgehead atoms. The summed E-state index contributed by atoms with van der Waals surface area (Å²) in [7, 11) is 6.20.